The first-order chi connectivity index (χ1) is 7.13. The Bertz CT molecular complexity index is 344. The summed E-state index contributed by atoms with van der Waals surface area (Å²) < 4.78 is 5.52. The van der Waals surface area contributed by atoms with E-state index in [2.05, 4.69) is 4.98 Å². The largest absolute Gasteiger partial charge is 0.374 e. The van der Waals surface area contributed by atoms with E-state index < -0.39 is 0 Å². The Morgan fingerprint density at radius 1 is 1.53 bits per heavy atom. The van der Waals surface area contributed by atoms with Crippen LogP contribution in [0.3, 0.4) is 0 Å². The van der Waals surface area contributed by atoms with Gasteiger partial charge in [-0.1, -0.05) is 0 Å². The van der Waals surface area contributed by atoms with Gasteiger partial charge in [-0.3, -0.25) is 0 Å². The van der Waals surface area contributed by atoms with Crippen molar-refractivity contribution in [2.45, 2.75) is 38.8 Å². The topological polar surface area (TPSA) is 48.1 Å². The van der Waals surface area contributed by atoms with Crippen LogP contribution in [0.2, 0.25) is 0 Å². The SMILES string of the molecule is COC(c1nc(C)c(C(C)N)s1)C1CC1. The molecule has 2 atom stereocenters. The van der Waals surface area contributed by atoms with Gasteiger partial charge in [-0.15, -0.1) is 11.3 Å². The molecule has 1 fully saturated rings. The molecule has 1 heterocycles. The van der Waals surface area contributed by atoms with Crippen molar-refractivity contribution in [3.63, 3.8) is 0 Å². The Labute approximate surface area is 94.7 Å². The molecule has 1 aromatic heterocycles. The third-order valence-electron chi connectivity index (χ3n) is 2.81. The first-order valence-electron chi connectivity index (χ1n) is 5.39. The van der Waals surface area contributed by atoms with E-state index in [1.807, 2.05) is 13.8 Å². The van der Waals surface area contributed by atoms with Crippen molar-refractivity contribution >= 4 is 11.3 Å². The summed E-state index contributed by atoms with van der Waals surface area (Å²) in [5, 5.41) is 1.10. The Morgan fingerprint density at radius 2 is 2.20 bits per heavy atom. The van der Waals surface area contributed by atoms with E-state index in [1.54, 1.807) is 18.4 Å². The molecule has 1 saturated carbocycles. The van der Waals surface area contributed by atoms with Crippen LogP contribution in [0, 0.1) is 12.8 Å². The number of ether oxygens (including phenoxy) is 1. The fourth-order valence-electron chi connectivity index (χ4n) is 1.87. The highest BCUT2D eigenvalue weighted by atomic mass is 32.1. The van der Waals surface area contributed by atoms with Crippen molar-refractivity contribution in [3.05, 3.63) is 15.6 Å². The first-order valence-corrected chi connectivity index (χ1v) is 6.20. The van der Waals surface area contributed by atoms with Gasteiger partial charge in [-0.25, -0.2) is 4.98 Å². The lowest BCUT2D eigenvalue weighted by Crippen LogP contribution is -2.03. The lowest BCUT2D eigenvalue weighted by molar-refractivity contribution is 0.0843. The summed E-state index contributed by atoms with van der Waals surface area (Å²) in [6.07, 6.45) is 2.73. The van der Waals surface area contributed by atoms with E-state index >= 15 is 0 Å². The fourth-order valence-corrected chi connectivity index (χ4v) is 3.06. The number of aryl methyl sites for hydroxylation is 1. The molecule has 3 nitrogen and oxygen atoms in total. The maximum absolute atomic E-state index is 5.89. The van der Waals surface area contributed by atoms with Crippen LogP contribution in [-0.4, -0.2) is 12.1 Å². The summed E-state index contributed by atoms with van der Waals surface area (Å²) in [6, 6.07) is 0.0768. The fraction of sp³-hybridized carbons (Fsp3) is 0.727. The van der Waals surface area contributed by atoms with Crippen molar-refractivity contribution in [1.82, 2.24) is 4.98 Å². The van der Waals surface area contributed by atoms with Gasteiger partial charge in [0.2, 0.25) is 0 Å². The van der Waals surface area contributed by atoms with Gasteiger partial charge in [0.05, 0.1) is 5.69 Å². The average molecular weight is 226 g/mol. The minimum Gasteiger partial charge on any atom is -0.374 e. The zero-order chi connectivity index (χ0) is 11.0. The van der Waals surface area contributed by atoms with Crippen LogP contribution in [0.1, 0.15) is 47.5 Å². The summed E-state index contributed by atoms with van der Waals surface area (Å²) in [7, 11) is 1.77. The highest BCUT2D eigenvalue weighted by Crippen LogP contribution is 2.44. The van der Waals surface area contributed by atoms with Gasteiger partial charge in [-0.2, -0.15) is 0 Å². The van der Waals surface area contributed by atoms with Crippen molar-refractivity contribution in [2.24, 2.45) is 11.7 Å². The minimum absolute atomic E-state index is 0.0768. The normalized spacial score (nSPS) is 20.3. The number of rotatable bonds is 4. The molecule has 0 aromatic carbocycles. The van der Waals surface area contributed by atoms with E-state index in [0.29, 0.717) is 5.92 Å². The third kappa shape index (κ3) is 2.22. The Balaban J connectivity index is 2.23. The van der Waals surface area contributed by atoms with Crippen LogP contribution in [0.15, 0.2) is 0 Å². The molecule has 0 aliphatic heterocycles. The molecule has 0 saturated heterocycles. The molecule has 84 valence electrons. The van der Waals surface area contributed by atoms with Crippen LogP contribution in [0.5, 0.6) is 0 Å². The zero-order valence-corrected chi connectivity index (χ0v) is 10.3. The van der Waals surface area contributed by atoms with Crippen LogP contribution in [0.25, 0.3) is 0 Å². The Hall–Kier alpha value is -0.450. The second kappa shape index (κ2) is 4.20. The molecule has 0 amide bonds. The molecule has 15 heavy (non-hydrogen) atoms. The summed E-state index contributed by atoms with van der Waals surface area (Å²) >= 11 is 1.71. The second-order valence-corrected chi connectivity index (χ2v) is 5.35. The van der Waals surface area contributed by atoms with Crippen LogP contribution in [-0.2, 0) is 4.74 Å². The van der Waals surface area contributed by atoms with Crippen molar-refractivity contribution in [1.29, 1.82) is 0 Å². The molecule has 1 aliphatic rings. The maximum atomic E-state index is 5.89. The highest BCUT2D eigenvalue weighted by molar-refractivity contribution is 7.11. The highest BCUT2D eigenvalue weighted by Gasteiger charge is 2.34. The molecule has 4 heteroatoms. The Morgan fingerprint density at radius 3 is 2.60 bits per heavy atom. The number of aromatic nitrogens is 1. The van der Waals surface area contributed by atoms with Crippen LogP contribution < -0.4 is 5.73 Å². The van der Waals surface area contributed by atoms with E-state index in [9.17, 15) is 0 Å². The van der Waals surface area contributed by atoms with E-state index in [1.165, 1.54) is 17.7 Å². The number of hydrogen-bond acceptors (Lipinski definition) is 4. The van der Waals surface area contributed by atoms with Gasteiger partial charge in [0, 0.05) is 18.0 Å². The van der Waals surface area contributed by atoms with Crippen molar-refractivity contribution in [2.75, 3.05) is 7.11 Å². The number of thiazole rings is 1. The van der Waals surface area contributed by atoms with Gasteiger partial charge < -0.3 is 10.5 Å². The van der Waals surface area contributed by atoms with Gasteiger partial charge in [0.15, 0.2) is 0 Å². The quantitative estimate of drug-likeness (QED) is 0.858. The van der Waals surface area contributed by atoms with E-state index in [-0.39, 0.29) is 12.1 Å². The molecular formula is C11H18N2OS. The summed E-state index contributed by atoms with van der Waals surface area (Å²) in [6.45, 7) is 4.03. The Kier molecular flexibility index (Phi) is 3.09. The van der Waals surface area contributed by atoms with E-state index in [0.717, 1.165) is 10.7 Å². The minimum atomic E-state index is 0.0768. The molecule has 2 unspecified atom stereocenters. The molecule has 0 bridgehead atoms. The molecule has 0 spiro atoms. The first kappa shape index (κ1) is 11.0. The molecular weight excluding hydrogens is 208 g/mol. The molecule has 2 N–H and O–H groups in total. The van der Waals surface area contributed by atoms with E-state index in [4.69, 9.17) is 10.5 Å². The molecule has 1 aromatic rings. The zero-order valence-electron chi connectivity index (χ0n) is 9.49. The average Bonchev–Trinajstić information content (AvgIpc) is 2.91. The number of nitrogens with two attached hydrogens (primary N) is 1. The lowest BCUT2D eigenvalue weighted by atomic mass is 10.2. The van der Waals surface area contributed by atoms with Gasteiger partial charge >= 0.3 is 0 Å². The molecule has 0 radical (unpaired) electrons. The molecule has 1 aliphatic carbocycles. The smallest absolute Gasteiger partial charge is 0.122 e. The standard InChI is InChI=1S/C11H18N2OS/c1-6(12)10-7(2)13-11(15-10)9(14-3)8-4-5-8/h6,8-9H,4-5,12H2,1-3H3. The lowest BCUT2D eigenvalue weighted by Gasteiger charge is -2.10. The maximum Gasteiger partial charge on any atom is 0.122 e. The molecule has 2 rings (SSSR count). The monoisotopic (exact) mass is 226 g/mol. The van der Waals surface area contributed by atoms with Gasteiger partial charge in [-0.05, 0) is 32.6 Å². The second-order valence-electron chi connectivity index (χ2n) is 4.28. The van der Waals surface area contributed by atoms with Gasteiger partial charge in [0.25, 0.3) is 0 Å². The third-order valence-corrected chi connectivity index (χ3v) is 4.23. The number of hydrogen-bond donors (Lipinski definition) is 1. The summed E-state index contributed by atoms with van der Waals surface area (Å²) in [5.74, 6) is 0.682. The van der Waals surface area contributed by atoms with Crippen LogP contribution in [0.4, 0.5) is 0 Å². The predicted octanol–water partition coefficient (Wildman–Crippen LogP) is 2.57. The van der Waals surface area contributed by atoms with Gasteiger partial charge in [0.1, 0.15) is 11.1 Å². The number of nitrogens with zero attached hydrogens (tertiary/aromatic N) is 1. The van der Waals surface area contributed by atoms with Crippen molar-refractivity contribution in [3.8, 4) is 0 Å². The van der Waals surface area contributed by atoms with Crippen LogP contribution >= 0.6 is 11.3 Å². The predicted molar refractivity (Wildman–Crippen MR) is 61.9 cm³/mol. The summed E-state index contributed by atoms with van der Waals surface area (Å²) in [5.41, 5.74) is 6.95. The number of methoxy groups -OCH3 is 1. The summed E-state index contributed by atoms with van der Waals surface area (Å²) in [4.78, 5) is 5.77. The van der Waals surface area contributed by atoms with Crippen molar-refractivity contribution < 1.29 is 4.74 Å².